The molecule has 0 aromatic heterocycles. The Morgan fingerprint density at radius 2 is 0.641 bits per heavy atom. The topological polar surface area (TPSA) is 0 Å². The van der Waals surface area contributed by atoms with E-state index in [1.54, 1.807) is 0 Å². The zero-order valence-corrected chi connectivity index (χ0v) is 21.9. The summed E-state index contributed by atoms with van der Waals surface area (Å²) in [7, 11) is 0. The van der Waals surface area contributed by atoms with Crippen LogP contribution in [0.25, 0.3) is 22.3 Å². The highest BCUT2D eigenvalue weighted by Crippen LogP contribution is 2.68. The van der Waals surface area contributed by atoms with Crippen LogP contribution in [0.4, 0.5) is 0 Å². The van der Waals surface area contributed by atoms with Gasteiger partial charge in [-0.3, -0.25) is 0 Å². The Labute approximate surface area is 233 Å². The first-order chi connectivity index (χ1) is 19.3. The molecule has 0 amide bonds. The van der Waals surface area contributed by atoms with E-state index >= 15 is 0 Å². The van der Waals surface area contributed by atoms with Gasteiger partial charge in [-0.1, -0.05) is 145 Å². The number of fused-ring (bicyclic) bond motifs is 16. The number of rotatable bonds is 0. The molecule has 6 aromatic carbocycles. The van der Waals surface area contributed by atoms with Crippen molar-refractivity contribution in [3.63, 3.8) is 0 Å². The molecule has 3 aliphatic carbocycles. The summed E-state index contributed by atoms with van der Waals surface area (Å²) in [5, 5.41) is 0.815. The Bertz CT molecular complexity index is 1900. The molecule has 9 rings (SSSR count). The quantitative estimate of drug-likeness (QED) is 0.189. The summed E-state index contributed by atoms with van der Waals surface area (Å²) in [5.74, 6) is 0. The molecule has 0 nitrogen and oxygen atoms in total. The fourth-order valence-corrected chi connectivity index (χ4v) is 8.56. The minimum atomic E-state index is -0.505. The van der Waals surface area contributed by atoms with Gasteiger partial charge in [-0.25, -0.2) is 0 Å². The highest BCUT2D eigenvalue weighted by Gasteiger charge is 2.59. The molecule has 0 fully saturated rings. The second kappa shape index (κ2) is 7.38. The molecule has 182 valence electrons. The van der Waals surface area contributed by atoms with E-state index in [9.17, 15) is 0 Å². The standard InChI is InChI=1S/C38H23Cl/c39-35-23-11-22-34-36(35)38(30-18-7-3-14-26(30)27-15-4-8-19-31(27)38)33-21-10-9-20-32(33)37(34)28-16-5-1-12-24(28)25-13-2-6-17-29(25)37/h1-23H. The molecular weight excluding hydrogens is 492 g/mol. The second-order valence-corrected chi connectivity index (χ2v) is 11.3. The molecule has 0 bridgehead atoms. The molecule has 2 spiro atoms. The molecule has 0 unspecified atom stereocenters. The monoisotopic (exact) mass is 514 g/mol. The molecule has 0 N–H and O–H groups in total. The molecule has 1 heteroatoms. The lowest BCUT2D eigenvalue weighted by atomic mass is 9.52. The zero-order valence-electron chi connectivity index (χ0n) is 21.2. The van der Waals surface area contributed by atoms with Crippen LogP contribution < -0.4 is 0 Å². The van der Waals surface area contributed by atoms with E-state index in [1.165, 1.54) is 66.8 Å². The van der Waals surface area contributed by atoms with Crippen LogP contribution in [-0.2, 0) is 10.8 Å². The Balaban J connectivity index is 1.56. The molecule has 3 aliphatic rings. The van der Waals surface area contributed by atoms with Crippen molar-refractivity contribution >= 4 is 11.6 Å². The van der Waals surface area contributed by atoms with E-state index in [2.05, 4.69) is 140 Å². The lowest BCUT2D eigenvalue weighted by Gasteiger charge is -2.49. The predicted molar refractivity (Wildman–Crippen MR) is 160 cm³/mol. The molecule has 0 atom stereocenters. The van der Waals surface area contributed by atoms with Gasteiger partial charge in [0.05, 0.1) is 10.8 Å². The molecule has 0 saturated heterocycles. The summed E-state index contributed by atoms with van der Waals surface area (Å²) in [6.45, 7) is 0. The van der Waals surface area contributed by atoms with Gasteiger partial charge in [-0.2, -0.15) is 0 Å². The third-order valence-corrected chi connectivity index (χ3v) is 9.75. The third kappa shape index (κ3) is 2.31. The summed E-state index contributed by atoms with van der Waals surface area (Å²) in [6.07, 6.45) is 0. The van der Waals surface area contributed by atoms with Gasteiger partial charge in [0.1, 0.15) is 0 Å². The fourth-order valence-electron chi connectivity index (χ4n) is 8.24. The van der Waals surface area contributed by atoms with Gasteiger partial charge in [-0.15, -0.1) is 0 Å². The van der Waals surface area contributed by atoms with Gasteiger partial charge in [0.15, 0.2) is 0 Å². The Morgan fingerprint density at radius 3 is 1.10 bits per heavy atom. The molecular formula is C38H23Cl. The van der Waals surface area contributed by atoms with Crippen LogP contribution in [0.5, 0.6) is 0 Å². The van der Waals surface area contributed by atoms with Crippen LogP contribution in [-0.4, -0.2) is 0 Å². The highest BCUT2D eigenvalue weighted by atomic mass is 35.5. The molecule has 6 aromatic rings. The minimum absolute atomic E-state index is 0.457. The van der Waals surface area contributed by atoms with E-state index in [0.717, 1.165) is 5.02 Å². The first kappa shape index (κ1) is 21.5. The minimum Gasteiger partial charge on any atom is -0.0840 e. The Morgan fingerprint density at radius 1 is 0.308 bits per heavy atom. The number of benzene rings is 6. The van der Waals surface area contributed by atoms with E-state index in [1.807, 2.05) is 0 Å². The van der Waals surface area contributed by atoms with Crippen LogP contribution in [0.2, 0.25) is 5.02 Å². The maximum atomic E-state index is 7.43. The van der Waals surface area contributed by atoms with Crippen LogP contribution in [0.1, 0.15) is 44.5 Å². The van der Waals surface area contributed by atoms with Crippen LogP contribution >= 0.6 is 11.6 Å². The number of hydrogen-bond donors (Lipinski definition) is 0. The average molecular weight is 515 g/mol. The maximum absolute atomic E-state index is 7.43. The summed E-state index contributed by atoms with van der Waals surface area (Å²) < 4.78 is 0. The molecule has 39 heavy (non-hydrogen) atoms. The number of halogens is 1. The van der Waals surface area contributed by atoms with Crippen molar-refractivity contribution in [1.82, 2.24) is 0 Å². The predicted octanol–water partition coefficient (Wildman–Crippen LogP) is 9.38. The second-order valence-electron chi connectivity index (χ2n) is 10.9. The van der Waals surface area contributed by atoms with Gasteiger partial charge < -0.3 is 0 Å². The Kier molecular flexibility index (Phi) is 4.07. The van der Waals surface area contributed by atoms with Crippen LogP contribution in [0, 0.1) is 0 Å². The van der Waals surface area contributed by atoms with Crippen molar-refractivity contribution in [3.8, 4) is 22.3 Å². The van der Waals surface area contributed by atoms with Gasteiger partial charge in [0, 0.05) is 5.02 Å². The van der Waals surface area contributed by atoms with Crippen LogP contribution in [0.15, 0.2) is 140 Å². The lowest BCUT2D eigenvalue weighted by molar-refractivity contribution is 0.633. The molecule has 0 saturated carbocycles. The SMILES string of the molecule is Clc1cccc2c1C1(c3ccccc3-c3ccccc31)c1ccccc1C21c2ccccc2-c2ccccc21. The van der Waals surface area contributed by atoms with Crippen molar-refractivity contribution in [1.29, 1.82) is 0 Å². The summed E-state index contributed by atoms with van der Waals surface area (Å²) in [5.41, 5.74) is 14.6. The zero-order chi connectivity index (χ0) is 25.8. The van der Waals surface area contributed by atoms with Crippen LogP contribution in [0.3, 0.4) is 0 Å². The van der Waals surface area contributed by atoms with E-state index in [4.69, 9.17) is 11.6 Å². The van der Waals surface area contributed by atoms with Gasteiger partial charge in [-0.05, 0) is 72.8 Å². The van der Waals surface area contributed by atoms with E-state index < -0.39 is 10.8 Å². The molecule has 0 radical (unpaired) electrons. The molecule has 0 heterocycles. The van der Waals surface area contributed by atoms with Crippen molar-refractivity contribution in [2.24, 2.45) is 0 Å². The Hall–Kier alpha value is -4.39. The summed E-state index contributed by atoms with van der Waals surface area (Å²) in [4.78, 5) is 0. The normalized spacial score (nSPS) is 15.7. The van der Waals surface area contributed by atoms with Gasteiger partial charge in [0.25, 0.3) is 0 Å². The van der Waals surface area contributed by atoms with Crippen molar-refractivity contribution in [2.45, 2.75) is 10.8 Å². The first-order valence-corrected chi connectivity index (χ1v) is 13.9. The smallest absolute Gasteiger partial charge is 0.0734 e. The van der Waals surface area contributed by atoms with Crippen molar-refractivity contribution < 1.29 is 0 Å². The lowest BCUT2D eigenvalue weighted by Crippen LogP contribution is -2.44. The van der Waals surface area contributed by atoms with Crippen molar-refractivity contribution in [2.75, 3.05) is 0 Å². The van der Waals surface area contributed by atoms with Gasteiger partial charge >= 0.3 is 0 Å². The largest absolute Gasteiger partial charge is 0.0840 e. The first-order valence-electron chi connectivity index (χ1n) is 13.6. The maximum Gasteiger partial charge on any atom is 0.0734 e. The fraction of sp³-hybridized carbons (Fsp3) is 0.0526. The molecule has 0 aliphatic heterocycles. The van der Waals surface area contributed by atoms with E-state index in [0.29, 0.717) is 0 Å². The highest BCUT2D eigenvalue weighted by molar-refractivity contribution is 6.32. The average Bonchev–Trinajstić information content (AvgIpc) is 3.46. The third-order valence-electron chi connectivity index (χ3n) is 9.43. The summed E-state index contributed by atoms with van der Waals surface area (Å²) in [6, 6.07) is 51.4. The summed E-state index contributed by atoms with van der Waals surface area (Å²) >= 11 is 7.43. The van der Waals surface area contributed by atoms with Crippen molar-refractivity contribution in [3.05, 3.63) is 189 Å². The number of hydrogen-bond acceptors (Lipinski definition) is 0. The van der Waals surface area contributed by atoms with E-state index in [-0.39, 0.29) is 0 Å². The van der Waals surface area contributed by atoms with Gasteiger partial charge in [0.2, 0.25) is 0 Å².